The third-order valence-corrected chi connectivity index (χ3v) is 3.94. The largest absolute Gasteiger partial charge is 0.455 e. The van der Waals surface area contributed by atoms with Gasteiger partial charge in [0, 0.05) is 31.3 Å². The Bertz CT molecular complexity index is 1100. The highest BCUT2D eigenvalue weighted by Crippen LogP contribution is 2.29. The SMILES string of the molecule is Cc1nn(CCC(=O)Nc2cc(Oc3cccnc3)cc([N+](=O)[O-])c2)cc1[N+](=O)[O-]. The number of nitro groups is 2. The minimum absolute atomic E-state index is 0.0419. The first kappa shape index (κ1) is 20.4. The molecule has 3 rings (SSSR count). The van der Waals surface area contributed by atoms with Gasteiger partial charge in [0.15, 0.2) is 0 Å². The highest BCUT2D eigenvalue weighted by atomic mass is 16.6. The van der Waals surface area contributed by atoms with Crippen LogP contribution in [0.1, 0.15) is 12.1 Å². The van der Waals surface area contributed by atoms with Crippen LogP contribution in [-0.4, -0.2) is 30.5 Å². The number of ether oxygens (including phenoxy) is 1. The van der Waals surface area contributed by atoms with Crippen molar-refractivity contribution in [1.82, 2.24) is 14.8 Å². The van der Waals surface area contributed by atoms with Crippen LogP contribution in [0, 0.1) is 27.2 Å². The molecular weight excluding hydrogens is 396 g/mol. The summed E-state index contributed by atoms with van der Waals surface area (Å²) in [7, 11) is 0. The second-order valence-corrected chi connectivity index (χ2v) is 6.18. The number of benzene rings is 1. The molecule has 0 aliphatic rings. The van der Waals surface area contributed by atoms with Gasteiger partial charge in [-0.3, -0.25) is 34.7 Å². The van der Waals surface area contributed by atoms with E-state index in [1.807, 2.05) is 0 Å². The number of nitrogens with one attached hydrogen (secondary N) is 1. The maximum atomic E-state index is 12.3. The van der Waals surface area contributed by atoms with Crippen molar-refractivity contribution in [1.29, 1.82) is 0 Å². The van der Waals surface area contributed by atoms with Crippen LogP contribution in [-0.2, 0) is 11.3 Å². The Kier molecular flexibility index (Phi) is 5.96. The van der Waals surface area contributed by atoms with Crippen LogP contribution in [0.15, 0.2) is 48.9 Å². The molecule has 1 aromatic carbocycles. The van der Waals surface area contributed by atoms with Gasteiger partial charge in [-0.2, -0.15) is 5.10 Å². The average Bonchev–Trinajstić information content (AvgIpc) is 3.08. The molecule has 0 fully saturated rings. The number of anilines is 1. The Hall–Kier alpha value is -4.35. The van der Waals surface area contributed by atoms with E-state index in [4.69, 9.17) is 4.74 Å². The summed E-state index contributed by atoms with van der Waals surface area (Å²) >= 11 is 0. The second kappa shape index (κ2) is 8.77. The Balaban J connectivity index is 1.70. The maximum absolute atomic E-state index is 12.3. The third-order valence-electron chi connectivity index (χ3n) is 3.94. The molecule has 0 aliphatic heterocycles. The zero-order chi connectivity index (χ0) is 21.7. The lowest BCUT2D eigenvalue weighted by atomic mass is 10.2. The summed E-state index contributed by atoms with van der Waals surface area (Å²) in [5.74, 6) is 0.0929. The quantitative estimate of drug-likeness (QED) is 0.436. The van der Waals surface area contributed by atoms with Crippen LogP contribution in [0.4, 0.5) is 17.1 Å². The van der Waals surface area contributed by atoms with Crippen molar-refractivity contribution in [2.24, 2.45) is 0 Å². The minimum atomic E-state index is -0.600. The summed E-state index contributed by atoms with van der Waals surface area (Å²) in [4.78, 5) is 37.1. The predicted octanol–water partition coefficient (Wildman–Crippen LogP) is 3.22. The summed E-state index contributed by atoms with van der Waals surface area (Å²) in [5.41, 5.74) is 0.0308. The standard InChI is InChI=1S/C18H16N6O6/c1-12-17(24(28)29)11-22(21-12)6-4-18(25)20-13-7-14(23(26)27)9-16(8-13)30-15-3-2-5-19-10-15/h2-3,5,7-11H,4,6H2,1H3,(H,20,25). The lowest BCUT2D eigenvalue weighted by molar-refractivity contribution is -0.385. The molecule has 2 heterocycles. The van der Waals surface area contributed by atoms with Crippen molar-refractivity contribution in [3.8, 4) is 11.5 Å². The lowest BCUT2D eigenvalue weighted by Gasteiger charge is -2.09. The summed E-state index contributed by atoms with van der Waals surface area (Å²) in [5, 5.41) is 28.6. The van der Waals surface area contributed by atoms with E-state index >= 15 is 0 Å². The van der Waals surface area contributed by atoms with Gasteiger partial charge in [0.25, 0.3) is 5.69 Å². The molecule has 0 unspecified atom stereocenters. The number of nitro benzene ring substituents is 1. The maximum Gasteiger partial charge on any atom is 0.309 e. The van der Waals surface area contributed by atoms with E-state index in [9.17, 15) is 25.0 Å². The van der Waals surface area contributed by atoms with Crippen LogP contribution < -0.4 is 10.1 Å². The average molecular weight is 412 g/mol. The van der Waals surface area contributed by atoms with Crippen LogP contribution in [0.5, 0.6) is 11.5 Å². The highest BCUT2D eigenvalue weighted by molar-refractivity contribution is 5.91. The fraction of sp³-hybridized carbons (Fsp3) is 0.167. The van der Waals surface area contributed by atoms with Crippen molar-refractivity contribution in [3.63, 3.8) is 0 Å². The summed E-state index contributed by atoms with van der Waals surface area (Å²) < 4.78 is 6.87. The monoisotopic (exact) mass is 412 g/mol. The number of aryl methyl sites for hydroxylation is 2. The molecular formula is C18H16N6O6. The Morgan fingerprint density at radius 2 is 2.00 bits per heavy atom. The molecule has 0 radical (unpaired) electrons. The van der Waals surface area contributed by atoms with Gasteiger partial charge < -0.3 is 10.1 Å². The molecule has 1 N–H and O–H groups in total. The second-order valence-electron chi connectivity index (χ2n) is 6.18. The number of carbonyl (C=O) groups is 1. The smallest absolute Gasteiger partial charge is 0.309 e. The molecule has 0 saturated heterocycles. The van der Waals surface area contributed by atoms with Gasteiger partial charge in [0.05, 0.1) is 27.8 Å². The normalized spacial score (nSPS) is 10.4. The van der Waals surface area contributed by atoms with Gasteiger partial charge in [-0.25, -0.2) is 0 Å². The van der Waals surface area contributed by atoms with Crippen molar-refractivity contribution in [2.45, 2.75) is 19.9 Å². The molecule has 12 nitrogen and oxygen atoms in total. The van der Waals surface area contributed by atoms with E-state index in [-0.39, 0.29) is 41.5 Å². The molecule has 12 heteroatoms. The Morgan fingerprint density at radius 3 is 2.63 bits per heavy atom. The minimum Gasteiger partial charge on any atom is -0.455 e. The fourth-order valence-electron chi connectivity index (χ4n) is 2.60. The highest BCUT2D eigenvalue weighted by Gasteiger charge is 2.17. The van der Waals surface area contributed by atoms with E-state index in [2.05, 4.69) is 15.4 Å². The lowest BCUT2D eigenvalue weighted by Crippen LogP contribution is -2.15. The Morgan fingerprint density at radius 1 is 1.20 bits per heavy atom. The molecule has 0 saturated carbocycles. The number of non-ortho nitro benzene ring substituents is 1. The van der Waals surface area contributed by atoms with Crippen molar-refractivity contribution in [2.75, 3.05) is 5.32 Å². The van der Waals surface area contributed by atoms with Gasteiger partial charge in [0.1, 0.15) is 23.4 Å². The molecule has 0 bridgehead atoms. The van der Waals surface area contributed by atoms with E-state index in [1.54, 1.807) is 18.3 Å². The zero-order valence-corrected chi connectivity index (χ0v) is 15.7. The van der Waals surface area contributed by atoms with Gasteiger partial charge in [0.2, 0.25) is 5.91 Å². The van der Waals surface area contributed by atoms with Gasteiger partial charge in [-0.1, -0.05) is 0 Å². The number of amides is 1. The van der Waals surface area contributed by atoms with Crippen LogP contribution in [0.2, 0.25) is 0 Å². The van der Waals surface area contributed by atoms with Crippen molar-refractivity contribution in [3.05, 3.63) is 74.8 Å². The van der Waals surface area contributed by atoms with Gasteiger partial charge in [-0.05, 0) is 19.1 Å². The topological polar surface area (TPSA) is 155 Å². The summed E-state index contributed by atoms with van der Waals surface area (Å²) in [6.07, 6.45) is 4.21. The molecule has 30 heavy (non-hydrogen) atoms. The first-order chi connectivity index (χ1) is 14.3. The van der Waals surface area contributed by atoms with E-state index in [0.717, 1.165) is 0 Å². The van der Waals surface area contributed by atoms with E-state index in [1.165, 1.54) is 42.2 Å². The molecule has 0 aliphatic carbocycles. The molecule has 3 aromatic rings. The summed E-state index contributed by atoms with van der Waals surface area (Å²) in [6.45, 7) is 1.61. The first-order valence-corrected chi connectivity index (χ1v) is 8.67. The van der Waals surface area contributed by atoms with Crippen molar-refractivity contribution >= 4 is 23.0 Å². The molecule has 154 valence electrons. The molecule has 2 aromatic heterocycles. The predicted molar refractivity (Wildman–Crippen MR) is 104 cm³/mol. The van der Waals surface area contributed by atoms with Crippen LogP contribution >= 0.6 is 0 Å². The molecule has 0 atom stereocenters. The van der Waals surface area contributed by atoms with Crippen LogP contribution in [0.25, 0.3) is 0 Å². The van der Waals surface area contributed by atoms with E-state index in [0.29, 0.717) is 5.75 Å². The van der Waals surface area contributed by atoms with Crippen LogP contribution in [0.3, 0.4) is 0 Å². The molecule has 1 amide bonds. The number of aromatic nitrogens is 3. The number of hydrogen-bond donors (Lipinski definition) is 1. The number of nitrogens with zero attached hydrogens (tertiary/aromatic N) is 5. The fourth-order valence-corrected chi connectivity index (χ4v) is 2.60. The number of carbonyl (C=O) groups excluding carboxylic acids is 1. The number of rotatable bonds is 8. The zero-order valence-electron chi connectivity index (χ0n) is 15.7. The summed E-state index contributed by atoms with van der Waals surface area (Å²) in [6, 6.07) is 7.16. The van der Waals surface area contributed by atoms with Gasteiger partial charge >= 0.3 is 5.69 Å². The number of pyridine rings is 1. The Labute approximate surface area is 169 Å². The molecule has 0 spiro atoms. The third kappa shape index (κ3) is 5.13. The number of hydrogen-bond acceptors (Lipinski definition) is 8. The van der Waals surface area contributed by atoms with E-state index < -0.39 is 15.8 Å². The van der Waals surface area contributed by atoms with Crippen molar-refractivity contribution < 1.29 is 19.4 Å². The van der Waals surface area contributed by atoms with Gasteiger partial charge in [-0.15, -0.1) is 0 Å². The first-order valence-electron chi connectivity index (χ1n) is 8.67.